The molecule has 0 atom stereocenters. The van der Waals surface area contributed by atoms with Crippen LogP contribution in [-0.4, -0.2) is 41.9 Å². The van der Waals surface area contributed by atoms with Crippen molar-refractivity contribution in [2.24, 2.45) is 5.92 Å². The maximum absolute atomic E-state index is 12.4. The van der Waals surface area contributed by atoms with E-state index in [1.165, 1.54) is 17.7 Å². The average molecular weight is 313 g/mol. The number of hydrogen-bond donors (Lipinski definition) is 0. The minimum atomic E-state index is 0.317. The third-order valence-electron chi connectivity index (χ3n) is 4.40. The summed E-state index contributed by atoms with van der Waals surface area (Å²) < 4.78 is 0.857. The van der Waals surface area contributed by atoms with Crippen LogP contribution in [0.5, 0.6) is 0 Å². The first kappa shape index (κ1) is 14.4. The normalized spacial score (nSPS) is 21.6. The molecule has 0 N–H and O–H groups in total. The lowest BCUT2D eigenvalue weighted by Crippen LogP contribution is -2.49. The third-order valence-corrected chi connectivity index (χ3v) is 5.61. The van der Waals surface area contributed by atoms with Gasteiger partial charge in [0.05, 0.1) is 4.34 Å². The van der Waals surface area contributed by atoms with Crippen LogP contribution in [0.4, 0.5) is 0 Å². The van der Waals surface area contributed by atoms with Gasteiger partial charge in [0.15, 0.2) is 0 Å². The zero-order valence-corrected chi connectivity index (χ0v) is 13.3. The van der Waals surface area contributed by atoms with E-state index in [1.807, 2.05) is 6.07 Å². The fourth-order valence-corrected chi connectivity index (χ4v) is 4.34. The number of halogens is 1. The van der Waals surface area contributed by atoms with Gasteiger partial charge >= 0.3 is 0 Å². The van der Waals surface area contributed by atoms with Crippen LogP contribution < -0.4 is 0 Å². The fourth-order valence-electron chi connectivity index (χ4n) is 3.21. The van der Waals surface area contributed by atoms with Crippen molar-refractivity contribution in [1.82, 2.24) is 9.80 Å². The SMILES string of the molecule is O=C(C1CCCC1)N1CCN(Cc2ccc(Cl)s2)CC1. The van der Waals surface area contributed by atoms with Crippen LogP contribution in [0.25, 0.3) is 0 Å². The molecule has 110 valence electrons. The van der Waals surface area contributed by atoms with Gasteiger partial charge in [-0.1, -0.05) is 24.4 Å². The summed E-state index contributed by atoms with van der Waals surface area (Å²) in [6, 6.07) is 4.06. The number of nitrogens with zero attached hydrogens (tertiary/aromatic N) is 2. The van der Waals surface area contributed by atoms with Crippen LogP contribution in [0.2, 0.25) is 4.34 Å². The van der Waals surface area contributed by atoms with Gasteiger partial charge in [-0.15, -0.1) is 11.3 Å². The number of amides is 1. The molecule has 1 amide bonds. The van der Waals surface area contributed by atoms with Gasteiger partial charge in [0.2, 0.25) is 5.91 Å². The van der Waals surface area contributed by atoms with Gasteiger partial charge in [0.1, 0.15) is 0 Å². The molecule has 1 aromatic heterocycles. The van der Waals surface area contributed by atoms with Gasteiger partial charge in [0, 0.05) is 43.5 Å². The highest BCUT2D eigenvalue weighted by molar-refractivity contribution is 7.16. The Balaban J connectivity index is 1.48. The van der Waals surface area contributed by atoms with Crippen molar-refractivity contribution in [3.05, 3.63) is 21.3 Å². The first-order valence-corrected chi connectivity index (χ1v) is 8.67. The maximum Gasteiger partial charge on any atom is 0.225 e. The Hall–Kier alpha value is -0.580. The van der Waals surface area contributed by atoms with Crippen molar-refractivity contribution in [3.8, 4) is 0 Å². The van der Waals surface area contributed by atoms with E-state index in [9.17, 15) is 4.79 Å². The summed E-state index contributed by atoms with van der Waals surface area (Å²) >= 11 is 7.61. The van der Waals surface area contributed by atoms with Crippen molar-refractivity contribution in [1.29, 1.82) is 0 Å². The van der Waals surface area contributed by atoms with Crippen LogP contribution in [0, 0.1) is 5.92 Å². The summed E-state index contributed by atoms with van der Waals surface area (Å²) in [5.41, 5.74) is 0. The summed E-state index contributed by atoms with van der Waals surface area (Å²) in [5.74, 6) is 0.721. The average Bonchev–Trinajstić information content (AvgIpc) is 3.11. The molecule has 1 aliphatic carbocycles. The Kier molecular flexibility index (Phi) is 4.64. The molecule has 2 fully saturated rings. The first-order valence-electron chi connectivity index (χ1n) is 7.48. The van der Waals surface area contributed by atoms with Gasteiger partial charge < -0.3 is 4.90 Å². The van der Waals surface area contributed by atoms with E-state index in [1.54, 1.807) is 11.3 Å². The lowest BCUT2D eigenvalue weighted by molar-refractivity contribution is -0.137. The zero-order chi connectivity index (χ0) is 13.9. The molecule has 1 aromatic rings. The highest BCUT2D eigenvalue weighted by Gasteiger charge is 2.29. The number of carbonyl (C=O) groups is 1. The quantitative estimate of drug-likeness (QED) is 0.855. The Morgan fingerprint density at radius 2 is 1.90 bits per heavy atom. The predicted molar refractivity (Wildman–Crippen MR) is 83.1 cm³/mol. The van der Waals surface area contributed by atoms with Crippen molar-refractivity contribution in [2.45, 2.75) is 32.2 Å². The molecule has 3 nitrogen and oxygen atoms in total. The van der Waals surface area contributed by atoms with E-state index < -0.39 is 0 Å². The first-order chi connectivity index (χ1) is 9.72. The van der Waals surface area contributed by atoms with Crippen LogP contribution in [0.3, 0.4) is 0 Å². The fraction of sp³-hybridized carbons (Fsp3) is 0.667. The number of hydrogen-bond acceptors (Lipinski definition) is 3. The van der Waals surface area contributed by atoms with Crippen LogP contribution in [0.1, 0.15) is 30.6 Å². The summed E-state index contributed by atoms with van der Waals surface area (Å²) in [6.45, 7) is 4.69. The summed E-state index contributed by atoms with van der Waals surface area (Å²) in [6.07, 6.45) is 4.67. The van der Waals surface area contributed by atoms with Gasteiger partial charge in [0.25, 0.3) is 0 Å². The van der Waals surface area contributed by atoms with Crippen LogP contribution in [-0.2, 0) is 11.3 Å². The molecule has 0 unspecified atom stereocenters. The number of rotatable bonds is 3. The molecule has 20 heavy (non-hydrogen) atoms. The van der Waals surface area contributed by atoms with Gasteiger partial charge in [-0.05, 0) is 25.0 Å². The van der Waals surface area contributed by atoms with E-state index in [2.05, 4.69) is 15.9 Å². The summed E-state index contributed by atoms with van der Waals surface area (Å²) in [4.78, 5) is 18.2. The molecule has 2 heterocycles. The third kappa shape index (κ3) is 3.35. The van der Waals surface area contributed by atoms with E-state index in [-0.39, 0.29) is 0 Å². The highest BCUT2D eigenvalue weighted by Crippen LogP contribution is 2.27. The summed E-state index contributed by atoms with van der Waals surface area (Å²) in [7, 11) is 0. The van der Waals surface area contributed by atoms with E-state index in [4.69, 9.17) is 11.6 Å². The molecule has 1 saturated heterocycles. The molecule has 1 saturated carbocycles. The number of thiophene rings is 1. The Labute approximate surface area is 129 Å². The molecule has 1 aliphatic heterocycles. The second kappa shape index (κ2) is 6.46. The largest absolute Gasteiger partial charge is 0.340 e. The minimum Gasteiger partial charge on any atom is -0.340 e. The predicted octanol–water partition coefficient (Wildman–Crippen LogP) is 3.24. The highest BCUT2D eigenvalue weighted by atomic mass is 35.5. The molecule has 2 aliphatic rings. The van der Waals surface area contributed by atoms with Crippen LogP contribution >= 0.6 is 22.9 Å². The molecule has 3 rings (SSSR count). The van der Waals surface area contributed by atoms with Gasteiger partial charge in [-0.25, -0.2) is 0 Å². The maximum atomic E-state index is 12.4. The Morgan fingerprint density at radius 3 is 2.50 bits per heavy atom. The van der Waals surface area contributed by atoms with E-state index in [0.29, 0.717) is 11.8 Å². The van der Waals surface area contributed by atoms with E-state index >= 15 is 0 Å². The van der Waals surface area contributed by atoms with Crippen molar-refractivity contribution >= 4 is 28.8 Å². The molecule has 0 spiro atoms. The molecule has 0 bridgehead atoms. The lowest BCUT2D eigenvalue weighted by Gasteiger charge is -2.35. The van der Waals surface area contributed by atoms with Gasteiger partial charge in [-0.3, -0.25) is 9.69 Å². The minimum absolute atomic E-state index is 0.317. The van der Waals surface area contributed by atoms with E-state index in [0.717, 1.165) is 49.9 Å². The number of carbonyl (C=O) groups excluding carboxylic acids is 1. The Morgan fingerprint density at radius 1 is 1.20 bits per heavy atom. The van der Waals surface area contributed by atoms with Gasteiger partial charge in [-0.2, -0.15) is 0 Å². The summed E-state index contributed by atoms with van der Waals surface area (Å²) in [5, 5.41) is 0. The lowest BCUT2D eigenvalue weighted by atomic mass is 10.1. The van der Waals surface area contributed by atoms with Crippen molar-refractivity contribution in [3.63, 3.8) is 0 Å². The monoisotopic (exact) mass is 312 g/mol. The molecule has 0 radical (unpaired) electrons. The Bertz CT molecular complexity index is 462. The topological polar surface area (TPSA) is 23.6 Å². The zero-order valence-electron chi connectivity index (χ0n) is 11.7. The van der Waals surface area contributed by atoms with Crippen LogP contribution in [0.15, 0.2) is 12.1 Å². The second-order valence-corrected chi connectivity index (χ2v) is 7.59. The molecular formula is C15H21ClN2OS. The molecular weight excluding hydrogens is 292 g/mol. The number of piperazine rings is 1. The molecule has 0 aromatic carbocycles. The molecule has 5 heteroatoms. The standard InChI is InChI=1S/C15H21ClN2OS/c16-14-6-5-13(20-14)11-17-7-9-18(10-8-17)15(19)12-3-1-2-4-12/h5-6,12H,1-4,7-11H2. The van der Waals surface area contributed by atoms with Crippen molar-refractivity contribution in [2.75, 3.05) is 26.2 Å². The smallest absolute Gasteiger partial charge is 0.225 e. The second-order valence-electron chi connectivity index (χ2n) is 5.79. The van der Waals surface area contributed by atoms with Crippen molar-refractivity contribution < 1.29 is 4.79 Å².